The highest BCUT2D eigenvalue weighted by Crippen LogP contribution is 2.21. The van der Waals surface area contributed by atoms with E-state index in [0.717, 1.165) is 17.9 Å². The third-order valence-corrected chi connectivity index (χ3v) is 3.05. The zero-order chi connectivity index (χ0) is 15.8. The predicted molar refractivity (Wildman–Crippen MR) is 82.9 cm³/mol. The number of hydrogen-bond donors (Lipinski definition) is 2. The van der Waals surface area contributed by atoms with Crippen LogP contribution in [0.4, 0.5) is 0 Å². The first-order valence-corrected chi connectivity index (χ1v) is 6.92. The van der Waals surface area contributed by atoms with Crippen LogP contribution in [-0.4, -0.2) is 49.4 Å². The van der Waals surface area contributed by atoms with Crippen molar-refractivity contribution < 1.29 is 14.7 Å². The molecule has 0 aromatic heterocycles. The number of benzene rings is 1. The lowest BCUT2D eigenvalue weighted by atomic mass is 10.1. The van der Waals surface area contributed by atoms with Gasteiger partial charge in [-0.1, -0.05) is 5.16 Å². The Morgan fingerprint density at radius 2 is 2.14 bits per heavy atom. The van der Waals surface area contributed by atoms with Crippen LogP contribution in [0.3, 0.4) is 0 Å². The number of likely N-dealkylation sites (N-methyl/N-ethyl adjacent to an activating group) is 1. The number of nitrogens with two attached hydrogens (primary N) is 1. The zero-order valence-corrected chi connectivity index (χ0v) is 13.2. The molecule has 0 unspecified atom stereocenters. The predicted octanol–water partition coefficient (Wildman–Crippen LogP) is 1.65. The number of methoxy groups -OCH3 is 1. The first-order valence-electron chi connectivity index (χ1n) is 6.92. The molecule has 1 aromatic rings. The van der Waals surface area contributed by atoms with Crippen molar-refractivity contribution in [3.8, 4) is 5.75 Å². The van der Waals surface area contributed by atoms with Gasteiger partial charge in [-0.2, -0.15) is 0 Å². The average molecular weight is 295 g/mol. The van der Waals surface area contributed by atoms with Crippen molar-refractivity contribution >= 4 is 5.84 Å². The van der Waals surface area contributed by atoms with Gasteiger partial charge in [0.15, 0.2) is 5.84 Å². The number of oxime groups is 1. The molecule has 0 aliphatic rings. The summed E-state index contributed by atoms with van der Waals surface area (Å²) in [5.74, 6) is 0.866. The molecule has 1 rings (SSSR count). The number of amidine groups is 1. The topological polar surface area (TPSA) is 80.3 Å². The number of nitrogens with zero attached hydrogens (tertiary/aromatic N) is 2. The van der Waals surface area contributed by atoms with Crippen molar-refractivity contribution in [2.75, 3.05) is 27.3 Å². The standard InChI is InChI=1S/C15H25N3O3/c1-11(2)21-8-7-18(3)10-13-9-12(15(16)17-19)5-6-14(13)20-4/h5-6,9,11,19H,7-8,10H2,1-4H3,(H2,16,17). The minimum Gasteiger partial charge on any atom is -0.496 e. The van der Waals surface area contributed by atoms with E-state index in [1.165, 1.54) is 0 Å². The van der Waals surface area contributed by atoms with Crippen LogP contribution in [0.2, 0.25) is 0 Å². The molecule has 6 nitrogen and oxygen atoms in total. The van der Waals surface area contributed by atoms with Crippen LogP contribution >= 0.6 is 0 Å². The second kappa shape index (κ2) is 8.49. The maximum Gasteiger partial charge on any atom is 0.170 e. The van der Waals surface area contributed by atoms with Gasteiger partial charge in [0.2, 0.25) is 0 Å². The van der Waals surface area contributed by atoms with Gasteiger partial charge >= 0.3 is 0 Å². The summed E-state index contributed by atoms with van der Waals surface area (Å²) in [4.78, 5) is 2.14. The maximum absolute atomic E-state index is 8.76. The van der Waals surface area contributed by atoms with E-state index in [1.807, 2.05) is 33.0 Å². The number of ether oxygens (including phenoxy) is 2. The van der Waals surface area contributed by atoms with Crippen LogP contribution in [0.1, 0.15) is 25.0 Å². The first-order chi connectivity index (χ1) is 9.97. The molecule has 118 valence electrons. The molecule has 0 aliphatic heterocycles. The fourth-order valence-corrected chi connectivity index (χ4v) is 1.93. The molecule has 0 aliphatic carbocycles. The van der Waals surface area contributed by atoms with Crippen molar-refractivity contribution in [3.05, 3.63) is 29.3 Å². The zero-order valence-electron chi connectivity index (χ0n) is 13.2. The van der Waals surface area contributed by atoms with Crippen LogP contribution in [0.5, 0.6) is 5.75 Å². The van der Waals surface area contributed by atoms with E-state index < -0.39 is 0 Å². The van der Waals surface area contributed by atoms with Gasteiger partial charge < -0.3 is 20.4 Å². The van der Waals surface area contributed by atoms with Crippen molar-refractivity contribution in [3.63, 3.8) is 0 Å². The molecule has 1 aromatic carbocycles. The summed E-state index contributed by atoms with van der Waals surface area (Å²) in [5.41, 5.74) is 7.27. The molecule has 21 heavy (non-hydrogen) atoms. The van der Waals surface area contributed by atoms with Crippen LogP contribution in [-0.2, 0) is 11.3 Å². The fourth-order valence-electron chi connectivity index (χ4n) is 1.93. The summed E-state index contributed by atoms with van der Waals surface area (Å²) < 4.78 is 10.9. The first kappa shape index (κ1) is 17.3. The Hall–Kier alpha value is -1.79. The third kappa shape index (κ3) is 5.61. The van der Waals surface area contributed by atoms with Gasteiger partial charge in [0.05, 0.1) is 19.8 Å². The third-order valence-electron chi connectivity index (χ3n) is 3.05. The fraction of sp³-hybridized carbons (Fsp3) is 0.533. The largest absolute Gasteiger partial charge is 0.496 e. The maximum atomic E-state index is 8.76. The molecule has 0 saturated carbocycles. The molecule has 0 heterocycles. The van der Waals surface area contributed by atoms with Crippen molar-refractivity contribution in [2.45, 2.75) is 26.5 Å². The summed E-state index contributed by atoms with van der Waals surface area (Å²) in [7, 11) is 3.64. The highest BCUT2D eigenvalue weighted by Gasteiger charge is 2.10. The normalized spacial score (nSPS) is 12.2. The summed E-state index contributed by atoms with van der Waals surface area (Å²) >= 11 is 0. The second-order valence-electron chi connectivity index (χ2n) is 5.17. The Morgan fingerprint density at radius 1 is 1.43 bits per heavy atom. The Morgan fingerprint density at radius 3 is 2.71 bits per heavy atom. The minimum atomic E-state index is 0.0877. The molecular formula is C15H25N3O3. The molecule has 6 heteroatoms. The Balaban J connectivity index is 2.75. The minimum absolute atomic E-state index is 0.0877. The molecule has 0 amide bonds. The molecule has 0 radical (unpaired) electrons. The van der Waals surface area contributed by atoms with E-state index in [1.54, 1.807) is 13.2 Å². The van der Waals surface area contributed by atoms with Gasteiger partial charge in [0, 0.05) is 24.2 Å². The van der Waals surface area contributed by atoms with E-state index in [0.29, 0.717) is 18.7 Å². The second-order valence-corrected chi connectivity index (χ2v) is 5.17. The van der Waals surface area contributed by atoms with E-state index in [4.69, 9.17) is 20.4 Å². The molecule has 0 atom stereocenters. The van der Waals surface area contributed by atoms with Crippen LogP contribution in [0, 0.1) is 0 Å². The summed E-state index contributed by atoms with van der Waals surface area (Å²) in [5, 5.41) is 11.8. The Kier molecular flexibility index (Phi) is 6.98. The smallest absolute Gasteiger partial charge is 0.170 e. The SMILES string of the molecule is COc1ccc(/C(N)=N/O)cc1CN(C)CCOC(C)C. The Bertz CT molecular complexity index is 475. The van der Waals surface area contributed by atoms with Gasteiger partial charge in [-0.25, -0.2) is 0 Å². The number of hydrogen-bond acceptors (Lipinski definition) is 5. The van der Waals surface area contributed by atoms with E-state index in [-0.39, 0.29) is 11.9 Å². The van der Waals surface area contributed by atoms with Crippen LogP contribution in [0.15, 0.2) is 23.4 Å². The van der Waals surface area contributed by atoms with E-state index >= 15 is 0 Å². The van der Waals surface area contributed by atoms with Crippen LogP contribution in [0.25, 0.3) is 0 Å². The van der Waals surface area contributed by atoms with Gasteiger partial charge in [-0.05, 0) is 39.1 Å². The summed E-state index contributed by atoms with van der Waals surface area (Å²) in [6.45, 7) is 6.22. The molecule has 0 saturated heterocycles. The number of rotatable bonds is 8. The van der Waals surface area contributed by atoms with Gasteiger partial charge in [0.25, 0.3) is 0 Å². The average Bonchev–Trinajstić information content (AvgIpc) is 2.45. The van der Waals surface area contributed by atoms with Gasteiger partial charge in [-0.3, -0.25) is 4.90 Å². The monoisotopic (exact) mass is 295 g/mol. The molecular weight excluding hydrogens is 270 g/mol. The van der Waals surface area contributed by atoms with Crippen molar-refractivity contribution in [2.24, 2.45) is 10.9 Å². The van der Waals surface area contributed by atoms with E-state index in [2.05, 4.69) is 10.1 Å². The molecule has 3 N–H and O–H groups in total. The highest BCUT2D eigenvalue weighted by atomic mass is 16.5. The van der Waals surface area contributed by atoms with Crippen molar-refractivity contribution in [1.29, 1.82) is 0 Å². The van der Waals surface area contributed by atoms with Gasteiger partial charge in [-0.15, -0.1) is 0 Å². The lowest BCUT2D eigenvalue weighted by molar-refractivity contribution is 0.0626. The van der Waals surface area contributed by atoms with Gasteiger partial charge in [0.1, 0.15) is 5.75 Å². The van der Waals surface area contributed by atoms with Crippen molar-refractivity contribution in [1.82, 2.24) is 4.90 Å². The molecule has 0 bridgehead atoms. The quantitative estimate of drug-likeness (QED) is 0.330. The lowest BCUT2D eigenvalue weighted by Gasteiger charge is -2.19. The molecule has 0 fully saturated rings. The summed E-state index contributed by atoms with van der Waals surface area (Å²) in [6.07, 6.45) is 0.233. The highest BCUT2D eigenvalue weighted by molar-refractivity contribution is 5.97. The lowest BCUT2D eigenvalue weighted by Crippen LogP contribution is -2.24. The van der Waals surface area contributed by atoms with E-state index in [9.17, 15) is 0 Å². The Labute approximate surface area is 126 Å². The molecule has 0 spiro atoms. The van der Waals surface area contributed by atoms with Crippen LogP contribution < -0.4 is 10.5 Å². The summed E-state index contributed by atoms with van der Waals surface area (Å²) in [6, 6.07) is 5.45.